The van der Waals surface area contributed by atoms with Crippen LogP contribution in [0.4, 0.5) is 0 Å². The molecule has 1 aromatic heterocycles. The molecule has 0 aliphatic heterocycles. The summed E-state index contributed by atoms with van der Waals surface area (Å²) in [5.41, 5.74) is 3.89. The van der Waals surface area contributed by atoms with Gasteiger partial charge in [0.15, 0.2) is 0 Å². The number of rotatable bonds is 4. The molecule has 0 saturated carbocycles. The monoisotopic (exact) mass is 237 g/mol. The van der Waals surface area contributed by atoms with Gasteiger partial charge in [0, 0.05) is 24.5 Å². The van der Waals surface area contributed by atoms with E-state index >= 15 is 0 Å². The van der Waals surface area contributed by atoms with Gasteiger partial charge >= 0.3 is 0 Å². The molecule has 0 aliphatic rings. The van der Waals surface area contributed by atoms with Crippen molar-refractivity contribution in [2.75, 3.05) is 6.54 Å². The normalized spacial score (nSPS) is 10.0. The third-order valence-electron chi connectivity index (χ3n) is 2.71. The van der Waals surface area contributed by atoms with Crippen molar-refractivity contribution < 1.29 is 0 Å². The van der Waals surface area contributed by atoms with E-state index in [-0.39, 0.29) is 0 Å². The smallest absolute Gasteiger partial charge is 0.101 e. The van der Waals surface area contributed by atoms with E-state index in [9.17, 15) is 0 Å². The Bertz CT molecular complexity index is 570. The molecule has 2 rings (SSSR count). The van der Waals surface area contributed by atoms with Crippen LogP contribution in [0.3, 0.4) is 0 Å². The van der Waals surface area contributed by atoms with Gasteiger partial charge in [0.2, 0.25) is 0 Å². The molecule has 1 aromatic carbocycles. The molecule has 90 valence electrons. The van der Waals surface area contributed by atoms with Crippen LogP contribution < -0.4 is 5.32 Å². The zero-order chi connectivity index (χ0) is 12.8. The highest BCUT2D eigenvalue weighted by Gasteiger charge is 2.01. The molecular weight excluding hydrogens is 222 g/mol. The van der Waals surface area contributed by atoms with E-state index in [1.54, 1.807) is 12.4 Å². The van der Waals surface area contributed by atoms with Crippen LogP contribution in [0.2, 0.25) is 0 Å². The van der Waals surface area contributed by atoms with E-state index in [1.807, 2.05) is 18.2 Å². The summed E-state index contributed by atoms with van der Waals surface area (Å²) >= 11 is 0. The summed E-state index contributed by atoms with van der Waals surface area (Å²) in [6.07, 6.45) is 3.36. The Hall–Kier alpha value is -2.18. The van der Waals surface area contributed by atoms with Gasteiger partial charge in [-0.1, -0.05) is 25.1 Å². The fourth-order valence-corrected chi connectivity index (χ4v) is 1.79. The van der Waals surface area contributed by atoms with E-state index in [0.29, 0.717) is 5.56 Å². The highest BCUT2D eigenvalue weighted by atomic mass is 14.8. The number of aromatic nitrogens is 1. The first-order chi connectivity index (χ1) is 8.83. The maximum Gasteiger partial charge on any atom is 0.101 e. The zero-order valence-electron chi connectivity index (χ0n) is 10.4. The Morgan fingerprint density at radius 3 is 2.89 bits per heavy atom. The van der Waals surface area contributed by atoms with Crippen molar-refractivity contribution in [3.05, 3.63) is 53.9 Å². The van der Waals surface area contributed by atoms with Crippen molar-refractivity contribution in [3.63, 3.8) is 0 Å². The zero-order valence-corrected chi connectivity index (χ0v) is 10.4. The number of hydrogen-bond donors (Lipinski definition) is 1. The average Bonchev–Trinajstić information content (AvgIpc) is 2.45. The van der Waals surface area contributed by atoms with Crippen molar-refractivity contribution in [2.45, 2.75) is 13.5 Å². The quantitative estimate of drug-likeness (QED) is 0.889. The van der Waals surface area contributed by atoms with Crippen LogP contribution in [-0.4, -0.2) is 11.5 Å². The first-order valence-corrected chi connectivity index (χ1v) is 5.98. The maximum absolute atomic E-state index is 8.88. The van der Waals surface area contributed by atoms with E-state index in [1.165, 1.54) is 5.56 Å². The molecule has 1 N–H and O–H groups in total. The SMILES string of the molecule is CCNCc1cccc(-c2cncc(C#N)c2)c1. The van der Waals surface area contributed by atoms with Crippen LogP contribution in [-0.2, 0) is 6.54 Å². The molecule has 0 aliphatic carbocycles. The van der Waals surface area contributed by atoms with Gasteiger partial charge in [0.05, 0.1) is 5.56 Å². The Morgan fingerprint density at radius 2 is 2.11 bits per heavy atom. The van der Waals surface area contributed by atoms with E-state index < -0.39 is 0 Å². The summed E-state index contributed by atoms with van der Waals surface area (Å²) in [5, 5.41) is 12.2. The minimum Gasteiger partial charge on any atom is -0.313 e. The number of nitrogens with zero attached hydrogens (tertiary/aromatic N) is 2. The van der Waals surface area contributed by atoms with Crippen molar-refractivity contribution >= 4 is 0 Å². The van der Waals surface area contributed by atoms with Crippen molar-refractivity contribution in [1.29, 1.82) is 5.26 Å². The second-order valence-corrected chi connectivity index (χ2v) is 4.05. The molecule has 0 saturated heterocycles. The van der Waals surface area contributed by atoms with E-state index in [2.05, 4.69) is 35.4 Å². The van der Waals surface area contributed by atoms with Crippen LogP contribution >= 0.6 is 0 Å². The maximum atomic E-state index is 8.88. The highest BCUT2D eigenvalue weighted by molar-refractivity contribution is 5.64. The minimum absolute atomic E-state index is 0.588. The fraction of sp³-hybridized carbons (Fsp3) is 0.200. The summed E-state index contributed by atoms with van der Waals surface area (Å²) < 4.78 is 0. The van der Waals surface area contributed by atoms with Crippen LogP contribution in [0.5, 0.6) is 0 Å². The lowest BCUT2D eigenvalue weighted by molar-refractivity contribution is 0.727. The molecule has 2 aromatic rings. The standard InChI is InChI=1S/C15H15N3/c1-2-17-9-12-4-3-5-14(6-12)15-7-13(8-16)10-18-11-15/h3-7,10-11,17H,2,9H2,1H3. The molecule has 0 bridgehead atoms. The van der Waals surface area contributed by atoms with Gasteiger partial charge in [-0.3, -0.25) is 4.98 Å². The van der Waals surface area contributed by atoms with Gasteiger partial charge in [-0.25, -0.2) is 0 Å². The van der Waals surface area contributed by atoms with Crippen LogP contribution in [0.15, 0.2) is 42.7 Å². The summed E-state index contributed by atoms with van der Waals surface area (Å²) in [6.45, 7) is 3.90. The van der Waals surface area contributed by atoms with E-state index in [4.69, 9.17) is 5.26 Å². The lowest BCUT2D eigenvalue weighted by atomic mass is 10.0. The van der Waals surface area contributed by atoms with Crippen molar-refractivity contribution in [1.82, 2.24) is 10.3 Å². The molecule has 0 spiro atoms. The highest BCUT2D eigenvalue weighted by Crippen LogP contribution is 2.20. The summed E-state index contributed by atoms with van der Waals surface area (Å²) in [4.78, 5) is 4.09. The number of hydrogen-bond acceptors (Lipinski definition) is 3. The fourth-order valence-electron chi connectivity index (χ4n) is 1.79. The molecule has 3 nitrogen and oxygen atoms in total. The molecule has 3 heteroatoms. The molecule has 0 atom stereocenters. The lowest BCUT2D eigenvalue weighted by Crippen LogP contribution is -2.11. The Labute approximate surface area is 107 Å². The third-order valence-corrected chi connectivity index (χ3v) is 2.71. The van der Waals surface area contributed by atoms with Gasteiger partial charge < -0.3 is 5.32 Å². The molecule has 0 unspecified atom stereocenters. The molecule has 0 fully saturated rings. The molecule has 1 heterocycles. The molecule has 0 amide bonds. The third kappa shape index (κ3) is 2.93. The number of pyridine rings is 1. The van der Waals surface area contributed by atoms with Crippen LogP contribution in [0, 0.1) is 11.3 Å². The Kier molecular flexibility index (Phi) is 4.06. The average molecular weight is 237 g/mol. The molecule has 0 radical (unpaired) electrons. The first-order valence-electron chi connectivity index (χ1n) is 5.98. The number of nitriles is 1. The van der Waals surface area contributed by atoms with Crippen molar-refractivity contribution in [2.24, 2.45) is 0 Å². The van der Waals surface area contributed by atoms with Crippen LogP contribution in [0.25, 0.3) is 11.1 Å². The Balaban J connectivity index is 2.29. The van der Waals surface area contributed by atoms with Crippen molar-refractivity contribution in [3.8, 4) is 17.2 Å². The number of nitrogens with one attached hydrogen (secondary N) is 1. The molecule has 18 heavy (non-hydrogen) atoms. The summed E-state index contributed by atoms with van der Waals surface area (Å²) in [7, 11) is 0. The Morgan fingerprint density at radius 1 is 1.22 bits per heavy atom. The van der Waals surface area contributed by atoms with Gasteiger partial charge in [-0.05, 0) is 29.8 Å². The summed E-state index contributed by atoms with van der Waals surface area (Å²) in [5.74, 6) is 0. The second kappa shape index (κ2) is 5.95. The molecular formula is C15H15N3. The van der Waals surface area contributed by atoms with Gasteiger partial charge in [0.25, 0.3) is 0 Å². The van der Waals surface area contributed by atoms with Crippen LogP contribution in [0.1, 0.15) is 18.1 Å². The van der Waals surface area contributed by atoms with Gasteiger partial charge in [-0.15, -0.1) is 0 Å². The predicted octanol–water partition coefficient (Wildman–Crippen LogP) is 2.73. The van der Waals surface area contributed by atoms with Gasteiger partial charge in [0.1, 0.15) is 6.07 Å². The second-order valence-electron chi connectivity index (χ2n) is 4.05. The number of benzene rings is 1. The van der Waals surface area contributed by atoms with Gasteiger partial charge in [-0.2, -0.15) is 5.26 Å². The minimum atomic E-state index is 0.588. The van der Waals surface area contributed by atoms with E-state index in [0.717, 1.165) is 24.2 Å². The topological polar surface area (TPSA) is 48.7 Å². The first kappa shape index (κ1) is 12.3. The predicted molar refractivity (Wildman–Crippen MR) is 71.8 cm³/mol. The largest absolute Gasteiger partial charge is 0.313 e. The lowest BCUT2D eigenvalue weighted by Gasteiger charge is -2.06. The summed E-state index contributed by atoms with van der Waals surface area (Å²) in [6, 6.07) is 12.3.